The normalized spacial score (nSPS) is 14.6. The lowest BCUT2D eigenvalue weighted by atomic mass is 9.97. The van der Waals surface area contributed by atoms with E-state index in [1.807, 2.05) is 44.2 Å². The second kappa shape index (κ2) is 10.6. The number of amides is 1. The molecule has 196 valence electrons. The number of rotatable bonds is 9. The van der Waals surface area contributed by atoms with E-state index in [4.69, 9.17) is 18.6 Å². The topological polar surface area (TPSA) is 78.2 Å². The van der Waals surface area contributed by atoms with Gasteiger partial charge in [0.2, 0.25) is 5.76 Å². The summed E-state index contributed by atoms with van der Waals surface area (Å²) < 4.78 is 36.7. The largest absolute Gasteiger partial charge is 0.497 e. The minimum atomic E-state index is -0.741. The van der Waals surface area contributed by atoms with Gasteiger partial charge in [0.15, 0.2) is 16.9 Å². The van der Waals surface area contributed by atoms with Crippen molar-refractivity contribution in [2.75, 3.05) is 26.9 Å². The van der Waals surface area contributed by atoms with Gasteiger partial charge in [0.05, 0.1) is 37.3 Å². The first-order valence-electron chi connectivity index (χ1n) is 12.5. The Morgan fingerprint density at radius 1 is 0.921 bits per heavy atom. The Kier molecular flexibility index (Phi) is 7.05. The lowest BCUT2D eigenvalue weighted by molar-refractivity contribution is 0.0729. The van der Waals surface area contributed by atoms with Crippen LogP contribution < -0.4 is 19.6 Å². The average molecular weight is 518 g/mol. The van der Waals surface area contributed by atoms with Gasteiger partial charge in [-0.3, -0.25) is 9.59 Å². The number of hydrogen-bond acceptors (Lipinski definition) is 6. The summed E-state index contributed by atoms with van der Waals surface area (Å²) in [6, 6.07) is 16.0. The molecule has 0 radical (unpaired) electrons. The van der Waals surface area contributed by atoms with Gasteiger partial charge >= 0.3 is 0 Å². The summed E-state index contributed by atoms with van der Waals surface area (Å²) in [5.41, 5.74) is 1.59. The van der Waals surface area contributed by atoms with Crippen molar-refractivity contribution in [1.82, 2.24) is 4.90 Å². The van der Waals surface area contributed by atoms with Gasteiger partial charge in [-0.25, -0.2) is 4.39 Å². The van der Waals surface area contributed by atoms with Gasteiger partial charge in [-0.1, -0.05) is 18.2 Å². The Morgan fingerprint density at radius 2 is 1.66 bits per heavy atom. The lowest BCUT2D eigenvalue weighted by Gasteiger charge is -2.26. The Bertz CT molecular complexity index is 1550. The van der Waals surface area contributed by atoms with Crippen molar-refractivity contribution in [3.8, 4) is 17.2 Å². The summed E-state index contributed by atoms with van der Waals surface area (Å²) in [5.74, 6) is 0.845. The highest BCUT2D eigenvalue weighted by atomic mass is 19.1. The third kappa shape index (κ3) is 4.58. The van der Waals surface area contributed by atoms with Crippen LogP contribution in [-0.2, 0) is 6.42 Å². The molecule has 0 N–H and O–H groups in total. The van der Waals surface area contributed by atoms with Crippen molar-refractivity contribution in [1.29, 1.82) is 0 Å². The molecule has 7 nitrogen and oxygen atoms in total. The quantitative estimate of drug-likeness (QED) is 0.291. The van der Waals surface area contributed by atoms with Crippen molar-refractivity contribution in [2.45, 2.75) is 26.3 Å². The summed E-state index contributed by atoms with van der Waals surface area (Å²) in [6.07, 6.45) is 0.540. The van der Waals surface area contributed by atoms with Crippen LogP contribution in [0.2, 0.25) is 0 Å². The number of methoxy groups -OCH3 is 1. The van der Waals surface area contributed by atoms with E-state index in [0.717, 1.165) is 17.4 Å². The fraction of sp³-hybridized carbons (Fsp3) is 0.267. The third-order valence-electron chi connectivity index (χ3n) is 6.61. The van der Waals surface area contributed by atoms with E-state index < -0.39 is 23.2 Å². The molecule has 1 aliphatic heterocycles. The molecule has 5 rings (SSSR count). The first-order chi connectivity index (χ1) is 18.4. The van der Waals surface area contributed by atoms with Crippen LogP contribution in [0.4, 0.5) is 4.39 Å². The van der Waals surface area contributed by atoms with Crippen molar-refractivity contribution < 1.29 is 27.8 Å². The van der Waals surface area contributed by atoms with Crippen LogP contribution >= 0.6 is 0 Å². The summed E-state index contributed by atoms with van der Waals surface area (Å²) >= 11 is 0. The molecule has 4 aromatic rings. The number of ether oxygens (including phenoxy) is 3. The highest BCUT2D eigenvalue weighted by Crippen LogP contribution is 2.41. The van der Waals surface area contributed by atoms with Gasteiger partial charge in [-0.05, 0) is 73.9 Å². The number of halogens is 1. The van der Waals surface area contributed by atoms with Gasteiger partial charge < -0.3 is 23.5 Å². The number of hydrogen-bond donors (Lipinski definition) is 0. The second-order valence-electron chi connectivity index (χ2n) is 8.89. The summed E-state index contributed by atoms with van der Waals surface area (Å²) in [5, 5.41) is 0.0922. The Hall–Kier alpha value is -4.33. The van der Waals surface area contributed by atoms with Crippen LogP contribution in [0.1, 0.15) is 47.1 Å². The van der Waals surface area contributed by atoms with E-state index >= 15 is 0 Å². The van der Waals surface area contributed by atoms with Gasteiger partial charge in [0.1, 0.15) is 17.1 Å². The number of nitrogens with zero attached hydrogens (tertiary/aromatic N) is 1. The molecule has 1 amide bonds. The van der Waals surface area contributed by atoms with E-state index in [1.54, 1.807) is 24.1 Å². The minimum absolute atomic E-state index is 0.0271. The van der Waals surface area contributed by atoms with E-state index in [2.05, 4.69) is 0 Å². The van der Waals surface area contributed by atoms with E-state index in [9.17, 15) is 14.0 Å². The molecule has 0 spiro atoms. The highest BCUT2D eigenvalue weighted by molar-refractivity contribution is 5.99. The van der Waals surface area contributed by atoms with Crippen molar-refractivity contribution in [3.05, 3.63) is 99.2 Å². The van der Waals surface area contributed by atoms with Gasteiger partial charge in [-0.2, -0.15) is 0 Å². The number of carbonyl (C=O) groups excluding carboxylic acids is 1. The highest BCUT2D eigenvalue weighted by Gasteiger charge is 2.42. The lowest BCUT2D eigenvalue weighted by Crippen LogP contribution is -2.31. The molecule has 1 aromatic heterocycles. The van der Waals surface area contributed by atoms with Gasteiger partial charge in [0.25, 0.3) is 5.91 Å². The molecule has 0 saturated heterocycles. The zero-order chi connectivity index (χ0) is 26.8. The molecule has 0 bridgehead atoms. The molecule has 1 atom stereocenters. The zero-order valence-corrected chi connectivity index (χ0v) is 21.5. The fourth-order valence-electron chi connectivity index (χ4n) is 4.85. The average Bonchev–Trinajstić information content (AvgIpc) is 3.21. The van der Waals surface area contributed by atoms with Crippen molar-refractivity contribution in [3.63, 3.8) is 0 Å². The SMILES string of the molecule is CCOc1ccc(C2c3c(oc4ccc(F)cc4c3=O)C(=O)N2CCc2ccc(OC)cc2)cc1OCC. The van der Waals surface area contributed by atoms with E-state index in [1.165, 1.54) is 12.1 Å². The maximum Gasteiger partial charge on any atom is 0.290 e. The molecule has 2 heterocycles. The molecular weight excluding hydrogens is 489 g/mol. The Labute approximate surface area is 219 Å². The van der Waals surface area contributed by atoms with Crippen LogP contribution in [0.15, 0.2) is 69.9 Å². The number of benzene rings is 3. The first kappa shape index (κ1) is 25.3. The first-order valence-corrected chi connectivity index (χ1v) is 12.5. The van der Waals surface area contributed by atoms with Crippen LogP contribution in [0.5, 0.6) is 17.2 Å². The van der Waals surface area contributed by atoms with Crippen LogP contribution in [-0.4, -0.2) is 37.7 Å². The zero-order valence-electron chi connectivity index (χ0n) is 21.5. The van der Waals surface area contributed by atoms with Gasteiger partial charge in [-0.15, -0.1) is 0 Å². The predicted octanol–water partition coefficient (Wildman–Crippen LogP) is 5.53. The summed E-state index contributed by atoms with van der Waals surface area (Å²) in [6.45, 7) is 4.94. The van der Waals surface area contributed by atoms with E-state index in [0.29, 0.717) is 43.2 Å². The van der Waals surface area contributed by atoms with Crippen LogP contribution in [0, 0.1) is 5.82 Å². The Balaban J connectivity index is 1.62. The molecular formula is C30H28FNO6. The molecule has 1 aliphatic rings. The molecule has 0 fully saturated rings. The van der Waals surface area contributed by atoms with E-state index in [-0.39, 0.29) is 22.3 Å². The third-order valence-corrected chi connectivity index (χ3v) is 6.61. The molecule has 38 heavy (non-hydrogen) atoms. The van der Waals surface area contributed by atoms with Gasteiger partial charge in [0, 0.05) is 6.54 Å². The monoisotopic (exact) mass is 517 g/mol. The maximum atomic E-state index is 14.1. The Morgan fingerprint density at radius 3 is 2.37 bits per heavy atom. The van der Waals surface area contributed by atoms with Crippen LogP contribution in [0.3, 0.4) is 0 Å². The second-order valence-corrected chi connectivity index (χ2v) is 8.89. The molecule has 0 saturated carbocycles. The maximum absolute atomic E-state index is 14.1. The van der Waals surface area contributed by atoms with Crippen molar-refractivity contribution >= 4 is 16.9 Å². The van der Waals surface area contributed by atoms with Crippen LogP contribution in [0.25, 0.3) is 11.0 Å². The van der Waals surface area contributed by atoms with Crippen molar-refractivity contribution in [2.24, 2.45) is 0 Å². The summed E-state index contributed by atoms with van der Waals surface area (Å²) in [4.78, 5) is 29.0. The predicted molar refractivity (Wildman–Crippen MR) is 141 cm³/mol. The minimum Gasteiger partial charge on any atom is -0.497 e. The fourth-order valence-corrected chi connectivity index (χ4v) is 4.85. The number of carbonyl (C=O) groups is 1. The summed E-state index contributed by atoms with van der Waals surface area (Å²) in [7, 11) is 1.60. The molecule has 3 aromatic carbocycles. The molecule has 0 aliphatic carbocycles. The standard InChI is InChI=1S/C30H28FNO6/c1-4-36-24-12-8-19(16-25(24)37-5-2)27-26-28(33)22-17-20(31)9-13-23(22)38-29(26)30(34)32(27)15-14-18-6-10-21(35-3)11-7-18/h6-13,16-17,27H,4-5,14-15H2,1-3H3. The molecule has 1 unspecified atom stereocenters. The number of fused-ring (bicyclic) bond motifs is 2. The molecule has 8 heteroatoms. The smallest absolute Gasteiger partial charge is 0.290 e.